The smallest absolute Gasteiger partial charge is 0.119 e. The molecule has 0 aliphatic rings. The number of unbranched alkanes of at least 4 members (excludes halogenated alkanes) is 6. The van der Waals surface area contributed by atoms with E-state index in [1.54, 1.807) is 0 Å². The maximum Gasteiger partial charge on any atom is 0.119 e. The van der Waals surface area contributed by atoms with E-state index in [1.165, 1.54) is 72.9 Å². The Balaban J connectivity index is 1.43. The molecule has 0 saturated carbocycles. The number of pyridine rings is 1. The molecule has 0 radical (unpaired) electrons. The van der Waals surface area contributed by atoms with Crippen molar-refractivity contribution in [3.8, 4) is 16.9 Å². The number of aryl methyl sites for hydroxylation is 3. The van der Waals surface area contributed by atoms with Crippen LogP contribution in [0.15, 0.2) is 66.9 Å². The summed E-state index contributed by atoms with van der Waals surface area (Å²) in [5.74, 6) is 0.961. The van der Waals surface area contributed by atoms with Crippen LogP contribution in [-0.2, 0) is 19.3 Å². The molecule has 0 unspecified atom stereocenters. The van der Waals surface area contributed by atoms with E-state index in [4.69, 9.17) is 4.74 Å². The summed E-state index contributed by atoms with van der Waals surface area (Å²) in [5, 5.41) is 0. The van der Waals surface area contributed by atoms with Gasteiger partial charge in [-0.1, -0.05) is 94.8 Å². The van der Waals surface area contributed by atoms with Crippen LogP contribution in [0.2, 0.25) is 0 Å². The molecule has 0 atom stereocenters. The minimum atomic E-state index is 0.805. The van der Waals surface area contributed by atoms with E-state index < -0.39 is 0 Å². The molecule has 0 aliphatic heterocycles. The summed E-state index contributed by atoms with van der Waals surface area (Å²) in [7, 11) is 0. The highest BCUT2D eigenvalue weighted by atomic mass is 16.5. The van der Waals surface area contributed by atoms with Gasteiger partial charge < -0.3 is 4.74 Å². The minimum Gasteiger partial charge on any atom is -0.494 e. The van der Waals surface area contributed by atoms with Crippen molar-refractivity contribution < 1.29 is 4.74 Å². The first-order valence-electron chi connectivity index (χ1n) is 13.0. The van der Waals surface area contributed by atoms with Gasteiger partial charge in [-0.15, -0.1) is 0 Å². The maximum absolute atomic E-state index is 5.83. The number of ether oxygens (including phenoxy) is 1. The van der Waals surface area contributed by atoms with Crippen molar-refractivity contribution in [3.05, 3.63) is 83.7 Å². The lowest BCUT2D eigenvalue weighted by atomic mass is 10.0. The second-order valence-electron chi connectivity index (χ2n) is 9.10. The van der Waals surface area contributed by atoms with E-state index >= 15 is 0 Å². The van der Waals surface area contributed by atoms with Crippen LogP contribution < -0.4 is 4.74 Å². The molecule has 0 aliphatic carbocycles. The van der Waals surface area contributed by atoms with Crippen LogP contribution in [0.4, 0.5) is 0 Å². The van der Waals surface area contributed by atoms with Gasteiger partial charge in [-0.2, -0.15) is 0 Å². The Bertz CT molecular complexity index is 897. The van der Waals surface area contributed by atoms with Crippen LogP contribution in [0.3, 0.4) is 0 Å². The van der Waals surface area contributed by atoms with Gasteiger partial charge in [0.05, 0.1) is 6.61 Å². The van der Waals surface area contributed by atoms with E-state index in [-0.39, 0.29) is 0 Å². The summed E-state index contributed by atoms with van der Waals surface area (Å²) in [6.07, 6.45) is 15.4. The van der Waals surface area contributed by atoms with Gasteiger partial charge in [-0.05, 0) is 72.6 Å². The molecule has 0 bridgehead atoms. The molecule has 0 spiro atoms. The zero-order valence-corrected chi connectivity index (χ0v) is 20.7. The quantitative estimate of drug-likeness (QED) is 0.219. The second kappa shape index (κ2) is 14.5. The molecule has 2 aromatic carbocycles. The first-order chi connectivity index (χ1) is 16.3. The van der Waals surface area contributed by atoms with Gasteiger partial charge in [0.1, 0.15) is 5.75 Å². The largest absolute Gasteiger partial charge is 0.494 e. The first kappa shape index (κ1) is 25.0. The molecule has 176 valence electrons. The Labute approximate surface area is 201 Å². The summed E-state index contributed by atoms with van der Waals surface area (Å²) in [5.41, 5.74) is 6.41. The van der Waals surface area contributed by atoms with E-state index in [9.17, 15) is 0 Å². The average molecular weight is 444 g/mol. The highest BCUT2D eigenvalue weighted by Crippen LogP contribution is 2.23. The molecule has 0 saturated heterocycles. The molecule has 0 N–H and O–H groups in total. The van der Waals surface area contributed by atoms with Gasteiger partial charge in [0, 0.05) is 11.9 Å². The van der Waals surface area contributed by atoms with Crippen molar-refractivity contribution in [1.82, 2.24) is 4.98 Å². The number of benzene rings is 2. The lowest BCUT2D eigenvalue weighted by Gasteiger charge is -2.08. The molecular formula is C31H41NO. The monoisotopic (exact) mass is 443 g/mol. The summed E-state index contributed by atoms with van der Waals surface area (Å²) in [4.78, 5) is 4.69. The van der Waals surface area contributed by atoms with E-state index in [1.807, 2.05) is 0 Å². The summed E-state index contributed by atoms with van der Waals surface area (Å²) >= 11 is 0. The third kappa shape index (κ3) is 9.04. The van der Waals surface area contributed by atoms with Crippen LogP contribution in [0.1, 0.15) is 82.0 Å². The zero-order valence-electron chi connectivity index (χ0n) is 20.7. The number of hydrogen-bond donors (Lipinski definition) is 0. The van der Waals surface area contributed by atoms with Gasteiger partial charge in [0.15, 0.2) is 0 Å². The predicted octanol–water partition coefficient (Wildman–Crippen LogP) is 8.62. The Hall–Kier alpha value is -2.61. The van der Waals surface area contributed by atoms with E-state index in [0.717, 1.165) is 38.0 Å². The normalized spacial score (nSPS) is 11.0. The highest BCUT2D eigenvalue weighted by Gasteiger charge is 2.02. The molecule has 3 rings (SSSR count). The third-order valence-electron chi connectivity index (χ3n) is 6.28. The van der Waals surface area contributed by atoms with Crippen molar-refractivity contribution in [2.24, 2.45) is 0 Å². The van der Waals surface area contributed by atoms with Crippen LogP contribution in [0.25, 0.3) is 11.1 Å². The molecule has 2 heteroatoms. The fourth-order valence-electron chi connectivity index (χ4n) is 4.10. The van der Waals surface area contributed by atoms with Crippen LogP contribution in [0.5, 0.6) is 5.75 Å². The van der Waals surface area contributed by atoms with Gasteiger partial charge in [-0.25, -0.2) is 0 Å². The Morgan fingerprint density at radius 2 is 1.18 bits per heavy atom. The summed E-state index contributed by atoms with van der Waals surface area (Å²) in [6.45, 7) is 5.28. The maximum atomic E-state index is 5.83. The third-order valence-corrected chi connectivity index (χ3v) is 6.28. The second-order valence-corrected chi connectivity index (χ2v) is 9.10. The van der Waals surface area contributed by atoms with Crippen LogP contribution >= 0.6 is 0 Å². The number of hydrogen-bond acceptors (Lipinski definition) is 2. The number of aromatic nitrogens is 1. The van der Waals surface area contributed by atoms with Gasteiger partial charge in [0.2, 0.25) is 0 Å². The van der Waals surface area contributed by atoms with E-state index in [0.29, 0.717) is 0 Å². The molecule has 0 amide bonds. The molecule has 1 heterocycles. The Morgan fingerprint density at radius 1 is 0.576 bits per heavy atom. The lowest BCUT2D eigenvalue weighted by molar-refractivity contribution is 0.306. The lowest BCUT2D eigenvalue weighted by Crippen LogP contribution is -1.96. The Kier molecular flexibility index (Phi) is 11.0. The number of rotatable bonds is 15. The fraction of sp³-hybridized carbons (Fsp3) is 0.452. The zero-order chi connectivity index (χ0) is 23.1. The molecule has 1 aromatic heterocycles. The van der Waals surface area contributed by atoms with Crippen molar-refractivity contribution in [2.45, 2.75) is 84.5 Å². The van der Waals surface area contributed by atoms with Gasteiger partial charge >= 0.3 is 0 Å². The van der Waals surface area contributed by atoms with Gasteiger partial charge in [0.25, 0.3) is 0 Å². The van der Waals surface area contributed by atoms with Crippen molar-refractivity contribution >= 4 is 0 Å². The van der Waals surface area contributed by atoms with Crippen molar-refractivity contribution in [1.29, 1.82) is 0 Å². The van der Waals surface area contributed by atoms with Gasteiger partial charge in [-0.3, -0.25) is 4.98 Å². The van der Waals surface area contributed by atoms with E-state index in [2.05, 4.69) is 85.7 Å². The Morgan fingerprint density at radius 3 is 1.85 bits per heavy atom. The molecule has 33 heavy (non-hydrogen) atoms. The SMILES string of the molecule is CCCCCCCc1ccc(CCc2ccc(-c3ccc(OCCCCC)cc3)cc2)cn1. The molecule has 0 fully saturated rings. The minimum absolute atomic E-state index is 0.805. The molecule has 2 nitrogen and oxygen atoms in total. The van der Waals surface area contributed by atoms with Crippen molar-refractivity contribution in [2.75, 3.05) is 6.61 Å². The summed E-state index contributed by atoms with van der Waals surface area (Å²) < 4.78 is 5.83. The first-order valence-corrected chi connectivity index (χ1v) is 13.0. The highest BCUT2D eigenvalue weighted by molar-refractivity contribution is 5.64. The molecular weight excluding hydrogens is 402 g/mol. The summed E-state index contributed by atoms with van der Waals surface area (Å²) in [6, 6.07) is 21.9. The van der Waals surface area contributed by atoms with Crippen LogP contribution in [-0.4, -0.2) is 11.6 Å². The van der Waals surface area contributed by atoms with Crippen LogP contribution in [0, 0.1) is 0 Å². The fourth-order valence-corrected chi connectivity index (χ4v) is 4.10. The van der Waals surface area contributed by atoms with Crippen molar-refractivity contribution in [3.63, 3.8) is 0 Å². The standard InChI is InChI=1S/C31H41NO/c1-3-5-7-8-9-11-30-21-16-27(25-32-30)13-12-26-14-17-28(18-15-26)29-19-22-31(23-20-29)33-24-10-6-4-2/h14-23,25H,3-13,24H2,1-2H3. The average Bonchev–Trinajstić information content (AvgIpc) is 2.87. The topological polar surface area (TPSA) is 22.1 Å². The molecule has 3 aromatic rings. The number of nitrogens with zero attached hydrogens (tertiary/aromatic N) is 1. The predicted molar refractivity (Wildman–Crippen MR) is 141 cm³/mol.